The molecular weight excluding hydrogens is 184 g/mol. The zero-order valence-electron chi connectivity index (χ0n) is 8.56. The predicted octanol–water partition coefficient (Wildman–Crippen LogP) is 2.13. The van der Waals surface area contributed by atoms with Crippen molar-refractivity contribution in [3.05, 3.63) is 65.5 Å². The van der Waals surface area contributed by atoms with Crippen molar-refractivity contribution in [2.45, 2.75) is 13.0 Å². The first-order valence-corrected chi connectivity index (χ1v) is 5.06. The fraction of sp³-hybridized carbons (Fsp3) is 0.154. The van der Waals surface area contributed by atoms with Crippen LogP contribution in [0.4, 0.5) is 0 Å². The molecule has 0 spiro atoms. The van der Waals surface area contributed by atoms with E-state index in [-0.39, 0.29) is 0 Å². The van der Waals surface area contributed by atoms with Crippen LogP contribution in [-0.4, -0.2) is 4.98 Å². The molecule has 0 saturated carbocycles. The highest BCUT2D eigenvalue weighted by Gasteiger charge is 1.97. The second-order valence-corrected chi connectivity index (χ2v) is 3.52. The molecule has 1 aromatic heterocycles. The lowest BCUT2D eigenvalue weighted by Crippen LogP contribution is -1.99. The van der Waals surface area contributed by atoms with Gasteiger partial charge in [0.05, 0.1) is 0 Å². The van der Waals surface area contributed by atoms with Gasteiger partial charge < -0.3 is 5.73 Å². The molecule has 0 bridgehead atoms. The SMILES string of the molecule is NCc1ccnc(Cc2ccccc2)c1. The lowest BCUT2D eigenvalue weighted by atomic mass is 10.1. The summed E-state index contributed by atoms with van der Waals surface area (Å²) in [6.07, 6.45) is 2.69. The third-order valence-corrected chi connectivity index (χ3v) is 2.34. The summed E-state index contributed by atoms with van der Waals surface area (Å²) in [6.45, 7) is 0.574. The molecule has 2 heteroatoms. The van der Waals surface area contributed by atoms with Crippen molar-refractivity contribution < 1.29 is 0 Å². The summed E-state index contributed by atoms with van der Waals surface area (Å²) in [7, 11) is 0. The number of hydrogen-bond donors (Lipinski definition) is 1. The van der Waals surface area contributed by atoms with E-state index >= 15 is 0 Å². The molecule has 0 radical (unpaired) electrons. The lowest BCUT2D eigenvalue weighted by Gasteiger charge is -2.02. The Kier molecular flexibility index (Phi) is 3.10. The quantitative estimate of drug-likeness (QED) is 0.820. The van der Waals surface area contributed by atoms with Crippen molar-refractivity contribution >= 4 is 0 Å². The summed E-state index contributed by atoms with van der Waals surface area (Å²) in [5.41, 5.74) is 9.07. The van der Waals surface area contributed by atoms with E-state index < -0.39 is 0 Å². The van der Waals surface area contributed by atoms with Crippen LogP contribution in [0, 0.1) is 0 Å². The topological polar surface area (TPSA) is 38.9 Å². The highest BCUT2D eigenvalue weighted by molar-refractivity contribution is 5.24. The van der Waals surface area contributed by atoms with Gasteiger partial charge in [-0.05, 0) is 23.3 Å². The molecule has 2 aromatic rings. The van der Waals surface area contributed by atoms with Crippen LogP contribution in [0.15, 0.2) is 48.7 Å². The Bertz CT molecular complexity index is 424. The van der Waals surface area contributed by atoms with Gasteiger partial charge >= 0.3 is 0 Å². The van der Waals surface area contributed by atoms with Gasteiger partial charge in [0.15, 0.2) is 0 Å². The molecule has 2 N–H and O–H groups in total. The highest BCUT2D eigenvalue weighted by atomic mass is 14.7. The molecule has 2 rings (SSSR count). The van der Waals surface area contributed by atoms with E-state index in [1.165, 1.54) is 5.56 Å². The van der Waals surface area contributed by atoms with Gasteiger partial charge in [-0.15, -0.1) is 0 Å². The Hall–Kier alpha value is -1.67. The maximum atomic E-state index is 5.58. The summed E-state index contributed by atoms with van der Waals surface area (Å²) >= 11 is 0. The summed E-state index contributed by atoms with van der Waals surface area (Å²) in [5, 5.41) is 0. The second kappa shape index (κ2) is 4.71. The average molecular weight is 198 g/mol. The van der Waals surface area contributed by atoms with E-state index in [0.717, 1.165) is 17.7 Å². The van der Waals surface area contributed by atoms with Crippen molar-refractivity contribution in [2.75, 3.05) is 0 Å². The Morgan fingerprint density at radius 1 is 1.00 bits per heavy atom. The molecule has 0 amide bonds. The van der Waals surface area contributed by atoms with Gasteiger partial charge in [-0.25, -0.2) is 0 Å². The van der Waals surface area contributed by atoms with E-state index in [2.05, 4.69) is 23.2 Å². The number of nitrogens with zero attached hydrogens (tertiary/aromatic N) is 1. The fourth-order valence-corrected chi connectivity index (χ4v) is 1.56. The first-order chi connectivity index (χ1) is 7.38. The van der Waals surface area contributed by atoms with E-state index in [0.29, 0.717) is 6.54 Å². The molecule has 1 heterocycles. The number of rotatable bonds is 3. The normalized spacial score (nSPS) is 10.2. The number of hydrogen-bond acceptors (Lipinski definition) is 2. The molecule has 0 aliphatic carbocycles. The van der Waals surface area contributed by atoms with Crippen molar-refractivity contribution in [1.82, 2.24) is 4.98 Å². The van der Waals surface area contributed by atoms with Crippen LogP contribution in [-0.2, 0) is 13.0 Å². The summed E-state index contributed by atoms with van der Waals surface area (Å²) in [5.74, 6) is 0. The molecule has 2 nitrogen and oxygen atoms in total. The molecule has 0 atom stereocenters. The molecule has 76 valence electrons. The van der Waals surface area contributed by atoms with E-state index in [1.807, 2.05) is 30.5 Å². The minimum Gasteiger partial charge on any atom is -0.326 e. The van der Waals surface area contributed by atoms with Crippen molar-refractivity contribution in [3.8, 4) is 0 Å². The van der Waals surface area contributed by atoms with Crippen molar-refractivity contribution in [1.29, 1.82) is 0 Å². The Balaban J connectivity index is 2.17. The Labute approximate surface area is 89.8 Å². The highest BCUT2D eigenvalue weighted by Crippen LogP contribution is 2.08. The van der Waals surface area contributed by atoms with Gasteiger partial charge in [0.1, 0.15) is 0 Å². The van der Waals surface area contributed by atoms with Gasteiger partial charge in [-0.2, -0.15) is 0 Å². The molecule has 0 unspecified atom stereocenters. The van der Waals surface area contributed by atoms with Gasteiger partial charge in [0, 0.05) is 24.9 Å². The number of benzene rings is 1. The Morgan fingerprint density at radius 2 is 1.80 bits per heavy atom. The first kappa shape index (κ1) is 9.87. The van der Waals surface area contributed by atoms with Crippen LogP contribution in [0.25, 0.3) is 0 Å². The molecule has 0 fully saturated rings. The third-order valence-electron chi connectivity index (χ3n) is 2.34. The first-order valence-electron chi connectivity index (χ1n) is 5.06. The van der Waals surface area contributed by atoms with Crippen LogP contribution < -0.4 is 5.73 Å². The minimum absolute atomic E-state index is 0.574. The third kappa shape index (κ3) is 2.64. The summed E-state index contributed by atoms with van der Waals surface area (Å²) in [6, 6.07) is 14.3. The number of aromatic nitrogens is 1. The summed E-state index contributed by atoms with van der Waals surface area (Å²) in [4.78, 5) is 4.33. The molecule has 0 aliphatic heterocycles. The fourth-order valence-electron chi connectivity index (χ4n) is 1.56. The van der Waals surface area contributed by atoms with Crippen LogP contribution in [0.2, 0.25) is 0 Å². The van der Waals surface area contributed by atoms with Crippen LogP contribution in [0.1, 0.15) is 16.8 Å². The zero-order valence-corrected chi connectivity index (χ0v) is 8.56. The second-order valence-electron chi connectivity index (χ2n) is 3.52. The smallest absolute Gasteiger partial charge is 0.0450 e. The molecule has 0 saturated heterocycles. The van der Waals surface area contributed by atoms with Gasteiger partial charge in [-0.3, -0.25) is 4.98 Å². The molecule has 1 aromatic carbocycles. The van der Waals surface area contributed by atoms with E-state index in [4.69, 9.17) is 5.73 Å². The van der Waals surface area contributed by atoms with E-state index in [9.17, 15) is 0 Å². The standard InChI is InChI=1S/C13H14N2/c14-10-12-6-7-15-13(9-12)8-11-4-2-1-3-5-11/h1-7,9H,8,10,14H2. The van der Waals surface area contributed by atoms with Crippen LogP contribution >= 0.6 is 0 Å². The molecular formula is C13H14N2. The van der Waals surface area contributed by atoms with Crippen LogP contribution in [0.5, 0.6) is 0 Å². The monoisotopic (exact) mass is 198 g/mol. The zero-order chi connectivity index (χ0) is 10.5. The maximum Gasteiger partial charge on any atom is 0.0450 e. The van der Waals surface area contributed by atoms with Gasteiger partial charge in [0.25, 0.3) is 0 Å². The number of nitrogens with two attached hydrogens (primary N) is 1. The van der Waals surface area contributed by atoms with Crippen molar-refractivity contribution in [3.63, 3.8) is 0 Å². The average Bonchev–Trinajstić information content (AvgIpc) is 2.31. The van der Waals surface area contributed by atoms with Gasteiger partial charge in [-0.1, -0.05) is 30.3 Å². The molecule has 15 heavy (non-hydrogen) atoms. The maximum absolute atomic E-state index is 5.58. The largest absolute Gasteiger partial charge is 0.326 e. The Morgan fingerprint density at radius 3 is 2.53 bits per heavy atom. The summed E-state index contributed by atoms with van der Waals surface area (Å²) < 4.78 is 0. The lowest BCUT2D eigenvalue weighted by molar-refractivity contribution is 1.01. The molecule has 0 aliphatic rings. The van der Waals surface area contributed by atoms with Gasteiger partial charge in [0.2, 0.25) is 0 Å². The predicted molar refractivity (Wildman–Crippen MR) is 61.4 cm³/mol. The van der Waals surface area contributed by atoms with Crippen LogP contribution in [0.3, 0.4) is 0 Å². The van der Waals surface area contributed by atoms with Crippen molar-refractivity contribution in [2.24, 2.45) is 5.73 Å². The number of pyridine rings is 1. The minimum atomic E-state index is 0.574. The van der Waals surface area contributed by atoms with E-state index in [1.54, 1.807) is 0 Å².